The summed E-state index contributed by atoms with van der Waals surface area (Å²) in [6.07, 6.45) is 1.95. The Morgan fingerprint density at radius 2 is 1.81 bits per heavy atom. The Hall–Kier alpha value is -1.89. The SMILES string of the molecule is Cc1cc(C)c2c(c1)ncc1ccccc12. The molecule has 1 heteroatoms. The first-order valence-electron chi connectivity index (χ1n) is 5.50. The number of aromatic nitrogens is 1. The highest BCUT2D eigenvalue weighted by Gasteiger charge is 2.04. The van der Waals surface area contributed by atoms with Gasteiger partial charge in [-0.3, -0.25) is 4.98 Å². The number of hydrogen-bond acceptors (Lipinski definition) is 1. The molecule has 1 nitrogen and oxygen atoms in total. The van der Waals surface area contributed by atoms with E-state index < -0.39 is 0 Å². The Balaban J connectivity index is 2.60. The lowest BCUT2D eigenvalue weighted by Gasteiger charge is -2.07. The molecule has 1 heterocycles. The Labute approximate surface area is 94.7 Å². The maximum atomic E-state index is 4.53. The molecule has 3 rings (SSSR count). The van der Waals surface area contributed by atoms with Crippen LogP contribution in [0.4, 0.5) is 0 Å². The zero-order valence-electron chi connectivity index (χ0n) is 9.49. The molecule has 0 aliphatic rings. The number of nitrogens with zero attached hydrogens (tertiary/aromatic N) is 1. The summed E-state index contributed by atoms with van der Waals surface area (Å²) in [6, 6.07) is 12.8. The van der Waals surface area contributed by atoms with Crippen molar-refractivity contribution in [2.45, 2.75) is 13.8 Å². The summed E-state index contributed by atoms with van der Waals surface area (Å²) in [5.41, 5.74) is 3.67. The monoisotopic (exact) mass is 207 g/mol. The van der Waals surface area contributed by atoms with E-state index in [0.29, 0.717) is 0 Å². The second-order valence-corrected chi connectivity index (χ2v) is 4.32. The molecule has 16 heavy (non-hydrogen) atoms. The summed E-state index contributed by atoms with van der Waals surface area (Å²) in [5, 5.41) is 3.79. The van der Waals surface area contributed by atoms with Crippen molar-refractivity contribution >= 4 is 21.7 Å². The van der Waals surface area contributed by atoms with Crippen LogP contribution in [0.3, 0.4) is 0 Å². The first-order valence-corrected chi connectivity index (χ1v) is 5.50. The lowest BCUT2D eigenvalue weighted by molar-refractivity contribution is 1.38. The fourth-order valence-electron chi connectivity index (χ4n) is 2.37. The topological polar surface area (TPSA) is 12.9 Å². The van der Waals surface area contributed by atoms with Crippen LogP contribution in [0.5, 0.6) is 0 Å². The van der Waals surface area contributed by atoms with Gasteiger partial charge in [0.2, 0.25) is 0 Å². The Morgan fingerprint density at radius 1 is 1.00 bits per heavy atom. The molecule has 3 aromatic rings. The predicted octanol–water partition coefficient (Wildman–Crippen LogP) is 4.00. The molecule has 0 aliphatic carbocycles. The maximum absolute atomic E-state index is 4.53. The van der Waals surface area contributed by atoms with Gasteiger partial charge >= 0.3 is 0 Å². The Kier molecular flexibility index (Phi) is 1.93. The lowest BCUT2D eigenvalue weighted by atomic mass is 10.0. The van der Waals surface area contributed by atoms with Crippen LogP contribution >= 0.6 is 0 Å². The fraction of sp³-hybridized carbons (Fsp3) is 0.133. The molecule has 78 valence electrons. The summed E-state index contributed by atoms with van der Waals surface area (Å²) in [5.74, 6) is 0. The van der Waals surface area contributed by atoms with Gasteiger partial charge in [0, 0.05) is 17.0 Å². The molecule has 1 aromatic heterocycles. The normalized spacial score (nSPS) is 11.1. The molecule has 0 amide bonds. The summed E-state index contributed by atoms with van der Waals surface area (Å²) in [7, 11) is 0. The van der Waals surface area contributed by atoms with Crippen LogP contribution < -0.4 is 0 Å². The van der Waals surface area contributed by atoms with Crippen LogP contribution in [0.25, 0.3) is 21.7 Å². The molecule has 0 N–H and O–H groups in total. The van der Waals surface area contributed by atoms with Gasteiger partial charge in [-0.2, -0.15) is 0 Å². The average Bonchev–Trinajstić information content (AvgIpc) is 2.28. The van der Waals surface area contributed by atoms with Crippen molar-refractivity contribution in [3.8, 4) is 0 Å². The highest BCUT2D eigenvalue weighted by molar-refractivity contribution is 6.07. The van der Waals surface area contributed by atoms with E-state index in [-0.39, 0.29) is 0 Å². The number of hydrogen-bond donors (Lipinski definition) is 0. The van der Waals surface area contributed by atoms with Crippen molar-refractivity contribution in [3.63, 3.8) is 0 Å². The van der Waals surface area contributed by atoms with Crippen LogP contribution in [0.1, 0.15) is 11.1 Å². The van der Waals surface area contributed by atoms with E-state index in [1.54, 1.807) is 0 Å². The van der Waals surface area contributed by atoms with Gasteiger partial charge in [0.15, 0.2) is 0 Å². The highest BCUT2D eigenvalue weighted by Crippen LogP contribution is 2.27. The second kappa shape index (κ2) is 3.31. The Bertz CT molecular complexity index is 683. The number of aryl methyl sites for hydroxylation is 2. The third-order valence-electron chi connectivity index (χ3n) is 3.03. The van der Waals surface area contributed by atoms with Gasteiger partial charge in [-0.25, -0.2) is 0 Å². The van der Waals surface area contributed by atoms with E-state index in [1.807, 2.05) is 6.20 Å². The molecular weight excluding hydrogens is 194 g/mol. The minimum Gasteiger partial charge on any atom is -0.256 e. The molecule has 0 spiro atoms. The minimum atomic E-state index is 1.09. The summed E-state index contributed by atoms with van der Waals surface area (Å²) in [4.78, 5) is 4.53. The van der Waals surface area contributed by atoms with Crippen LogP contribution in [0, 0.1) is 13.8 Å². The molecule has 0 saturated heterocycles. The van der Waals surface area contributed by atoms with Gasteiger partial charge in [-0.05, 0) is 36.4 Å². The van der Waals surface area contributed by atoms with E-state index in [2.05, 4.69) is 55.2 Å². The standard InChI is InChI=1S/C15H13N/c1-10-7-11(2)15-13-6-4-3-5-12(13)9-16-14(15)8-10/h3-9H,1-2H3. The van der Waals surface area contributed by atoms with Gasteiger partial charge in [-0.15, -0.1) is 0 Å². The minimum absolute atomic E-state index is 1.09. The maximum Gasteiger partial charge on any atom is 0.0713 e. The molecule has 0 bridgehead atoms. The third-order valence-corrected chi connectivity index (χ3v) is 3.03. The number of pyridine rings is 1. The zero-order chi connectivity index (χ0) is 11.1. The number of rotatable bonds is 0. The van der Waals surface area contributed by atoms with E-state index >= 15 is 0 Å². The molecule has 0 fully saturated rings. The van der Waals surface area contributed by atoms with E-state index in [4.69, 9.17) is 0 Å². The molecule has 0 unspecified atom stereocenters. The molecule has 0 aliphatic heterocycles. The van der Waals surface area contributed by atoms with Gasteiger partial charge in [0.05, 0.1) is 5.52 Å². The molecule has 0 saturated carbocycles. The number of benzene rings is 2. The van der Waals surface area contributed by atoms with E-state index in [9.17, 15) is 0 Å². The summed E-state index contributed by atoms with van der Waals surface area (Å²) in [6.45, 7) is 4.27. The summed E-state index contributed by atoms with van der Waals surface area (Å²) >= 11 is 0. The van der Waals surface area contributed by atoms with Crippen LogP contribution in [-0.2, 0) is 0 Å². The third kappa shape index (κ3) is 1.28. The second-order valence-electron chi connectivity index (χ2n) is 4.32. The molecule has 0 radical (unpaired) electrons. The van der Waals surface area contributed by atoms with E-state index in [0.717, 1.165) is 5.52 Å². The fourth-order valence-corrected chi connectivity index (χ4v) is 2.37. The van der Waals surface area contributed by atoms with Crippen molar-refractivity contribution in [1.29, 1.82) is 0 Å². The molecular formula is C15H13N. The van der Waals surface area contributed by atoms with Crippen LogP contribution in [-0.4, -0.2) is 4.98 Å². The first-order chi connectivity index (χ1) is 7.75. The molecule has 2 aromatic carbocycles. The first kappa shape index (κ1) is 9.34. The van der Waals surface area contributed by atoms with Gasteiger partial charge < -0.3 is 0 Å². The van der Waals surface area contributed by atoms with Crippen molar-refractivity contribution in [1.82, 2.24) is 4.98 Å². The van der Waals surface area contributed by atoms with Crippen LogP contribution in [0.2, 0.25) is 0 Å². The van der Waals surface area contributed by atoms with E-state index in [1.165, 1.54) is 27.3 Å². The van der Waals surface area contributed by atoms with Crippen molar-refractivity contribution < 1.29 is 0 Å². The predicted molar refractivity (Wildman–Crippen MR) is 68.7 cm³/mol. The van der Waals surface area contributed by atoms with Crippen molar-refractivity contribution in [2.24, 2.45) is 0 Å². The average molecular weight is 207 g/mol. The van der Waals surface area contributed by atoms with Gasteiger partial charge in [0.25, 0.3) is 0 Å². The van der Waals surface area contributed by atoms with Crippen LogP contribution in [0.15, 0.2) is 42.6 Å². The smallest absolute Gasteiger partial charge is 0.0713 e. The number of fused-ring (bicyclic) bond motifs is 3. The highest BCUT2D eigenvalue weighted by atomic mass is 14.6. The van der Waals surface area contributed by atoms with Gasteiger partial charge in [0.1, 0.15) is 0 Å². The quantitative estimate of drug-likeness (QED) is 0.508. The van der Waals surface area contributed by atoms with Crippen molar-refractivity contribution in [2.75, 3.05) is 0 Å². The summed E-state index contributed by atoms with van der Waals surface area (Å²) < 4.78 is 0. The van der Waals surface area contributed by atoms with Crippen molar-refractivity contribution in [3.05, 3.63) is 53.7 Å². The lowest BCUT2D eigenvalue weighted by Crippen LogP contribution is -1.86. The van der Waals surface area contributed by atoms with Gasteiger partial charge in [-0.1, -0.05) is 30.3 Å². The zero-order valence-corrected chi connectivity index (χ0v) is 9.49. The Morgan fingerprint density at radius 3 is 2.69 bits per heavy atom. The largest absolute Gasteiger partial charge is 0.256 e. The molecule has 0 atom stereocenters.